The van der Waals surface area contributed by atoms with Crippen LogP contribution in [0.1, 0.15) is 35.5 Å². The number of nitrogens with zero attached hydrogens (tertiary/aromatic N) is 3. The van der Waals surface area contributed by atoms with E-state index in [2.05, 4.69) is 15.3 Å². The molecule has 0 aliphatic rings. The number of hydrogen-bond donors (Lipinski definition) is 4. The quantitative estimate of drug-likeness (QED) is 0.518. The Kier molecular flexibility index (Phi) is 6.47. The number of nitriles is 1. The summed E-state index contributed by atoms with van der Waals surface area (Å²) in [4.78, 5) is 32.0. The number of anilines is 1. The number of benzene rings is 1. The monoisotopic (exact) mass is 450 g/mol. The van der Waals surface area contributed by atoms with Crippen LogP contribution in [0.4, 0.5) is 19.0 Å². The highest BCUT2D eigenvalue weighted by atomic mass is 19.4. The number of rotatable bonds is 6. The van der Waals surface area contributed by atoms with Crippen molar-refractivity contribution in [3.05, 3.63) is 41.2 Å². The van der Waals surface area contributed by atoms with E-state index in [0.717, 1.165) is 18.3 Å². The maximum Gasteiger partial charge on any atom is 0.430 e. The van der Waals surface area contributed by atoms with Crippen molar-refractivity contribution < 1.29 is 27.9 Å². The summed E-state index contributed by atoms with van der Waals surface area (Å²) in [5.41, 5.74) is 5.10. The molecule has 6 N–H and O–H groups in total. The molecule has 2 aromatic rings. The van der Waals surface area contributed by atoms with Crippen LogP contribution in [0.2, 0.25) is 0 Å². The van der Waals surface area contributed by atoms with Crippen molar-refractivity contribution in [2.45, 2.75) is 32.5 Å². The zero-order chi connectivity index (χ0) is 24.5. The summed E-state index contributed by atoms with van der Waals surface area (Å²) in [6.45, 7) is 4.74. The van der Waals surface area contributed by atoms with Gasteiger partial charge in [0, 0.05) is 17.7 Å². The molecule has 170 valence electrons. The Morgan fingerprint density at radius 2 is 1.91 bits per heavy atom. The average Bonchev–Trinajstić information content (AvgIpc) is 2.71. The molecule has 0 bridgehead atoms. The van der Waals surface area contributed by atoms with Crippen molar-refractivity contribution in [3.63, 3.8) is 0 Å². The van der Waals surface area contributed by atoms with E-state index in [1.54, 1.807) is 20.8 Å². The molecule has 0 aliphatic heterocycles. The van der Waals surface area contributed by atoms with Crippen molar-refractivity contribution in [3.8, 4) is 17.3 Å². The minimum Gasteiger partial charge on any atom is -0.382 e. The van der Waals surface area contributed by atoms with Gasteiger partial charge in [-0.15, -0.1) is 0 Å². The molecule has 9 nitrogen and oxygen atoms in total. The number of alkyl halides is 3. The Balaban J connectivity index is 2.55. The summed E-state index contributed by atoms with van der Waals surface area (Å²) in [7, 11) is 0. The summed E-state index contributed by atoms with van der Waals surface area (Å²) in [5, 5.41) is 21.6. The van der Waals surface area contributed by atoms with Crippen LogP contribution in [0.3, 0.4) is 0 Å². The van der Waals surface area contributed by atoms with Gasteiger partial charge in [0.25, 0.3) is 17.4 Å². The molecule has 1 aromatic heterocycles. The van der Waals surface area contributed by atoms with Gasteiger partial charge in [-0.2, -0.15) is 18.4 Å². The van der Waals surface area contributed by atoms with Crippen molar-refractivity contribution >= 4 is 17.6 Å². The van der Waals surface area contributed by atoms with Crippen LogP contribution in [0.5, 0.6) is 0 Å². The smallest absolute Gasteiger partial charge is 0.382 e. The highest BCUT2D eigenvalue weighted by Crippen LogP contribution is 2.40. The highest BCUT2D eigenvalue weighted by molar-refractivity contribution is 5.97. The van der Waals surface area contributed by atoms with Crippen molar-refractivity contribution in [2.75, 3.05) is 12.3 Å². The molecule has 32 heavy (non-hydrogen) atoms. The second kappa shape index (κ2) is 8.43. The molecular weight excluding hydrogens is 429 g/mol. The first-order valence-corrected chi connectivity index (χ1v) is 9.16. The van der Waals surface area contributed by atoms with Crippen molar-refractivity contribution in [2.24, 2.45) is 11.1 Å². The molecule has 0 spiro atoms. The van der Waals surface area contributed by atoms with Crippen LogP contribution in [0.25, 0.3) is 11.3 Å². The summed E-state index contributed by atoms with van der Waals surface area (Å²) >= 11 is 0. The number of nitrogens with one attached hydrogen (secondary N) is 1. The molecule has 0 fully saturated rings. The van der Waals surface area contributed by atoms with Crippen LogP contribution in [-0.4, -0.2) is 39.6 Å². The molecule has 0 saturated carbocycles. The minimum atomic E-state index is -5.38. The number of primary amides is 1. The van der Waals surface area contributed by atoms with E-state index in [9.17, 15) is 27.9 Å². The summed E-state index contributed by atoms with van der Waals surface area (Å²) in [6.07, 6.45) is -4.24. The largest absolute Gasteiger partial charge is 0.430 e. The summed E-state index contributed by atoms with van der Waals surface area (Å²) in [5.74, 6) is -2.97. The van der Waals surface area contributed by atoms with E-state index >= 15 is 0 Å². The first kappa shape index (κ1) is 24.5. The third-order valence-corrected chi connectivity index (χ3v) is 4.71. The third-order valence-electron chi connectivity index (χ3n) is 4.71. The summed E-state index contributed by atoms with van der Waals surface area (Å²) < 4.78 is 40.3. The van der Waals surface area contributed by atoms with Gasteiger partial charge in [0.2, 0.25) is 0 Å². The Hall–Kier alpha value is -3.72. The topological polar surface area (TPSA) is 168 Å². The Bertz CT molecular complexity index is 1110. The zero-order valence-electron chi connectivity index (χ0n) is 17.4. The Morgan fingerprint density at radius 3 is 2.44 bits per heavy atom. The average molecular weight is 450 g/mol. The fourth-order valence-electron chi connectivity index (χ4n) is 2.69. The normalized spacial score (nSPS) is 13.7. The number of nitrogens with two attached hydrogens (primary N) is 2. The van der Waals surface area contributed by atoms with Crippen LogP contribution in [0, 0.1) is 23.7 Å². The maximum atomic E-state index is 13.4. The van der Waals surface area contributed by atoms with Crippen LogP contribution in [0.15, 0.2) is 24.4 Å². The fourth-order valence-corrected chi connectivity index (χ4v) is 2.69. The van der Waals surface area contributed by atoms with Crippen molar-refractivity contribution in [1.82, 2.24) is 15.3 Å². The lowest BCUT2D eigenvalue weighted by molar-refractivity contribution is -0.255. The van der Waals surface area contributed by atoms with Gasteiger partial charge in [0.05, 0.1) is 23.4 Å². The van der Waals surface area contributed by atoms with E-state index in [0.29, 0.717) is 5.56 Å². The molecule has 2 rings (SSSR count). The first-order chi connectivity index (χ1) is 14.6. The van der Waals surface area contributed by atoms with Gasteiger partial charge in [-0.05, 0) is 32.4 Å². The number of aryl methyl sites for hydroxylation is 1. The lowest BCUT2D eigenvalue weighted by atomic mass is 9.89. The van der Waals surface area contributed by atoms with Gasteiger partial charge >= 0.3 is 6.18 Å². The molecule has 2 amide bonds. The maximum absolute atomic E-state index is 13.4. The molecule has 1 heterocycles. The van der Waals surface area contributed by atoms with Crippen molar-refractivity contribution in [1.29, 1.82) is 5.26 Å². The second-order valence-corrected chi connectivity index (χ2v) is 7.77. The summed E-state index contributed by atoms with van der Waals surface area (Å²) in [6, 6.07) is 5.06. The van der Waals surface area contributed by atoms with Crippen LogP contribution >= 0.6 is 0 Å². The zero-order valence-corrected chi connectivity index (χ0v) is 17.4. The number of carbonyl (C=O) groups excluding carboxylic acids is 2. The Morgan fingerprint density at radius 1 is 1.28 bits per heavy atom. The molecule has 1 unspecified atom stereocenters. The molecule has 1 aromatic carbocycles. The van der Waals surface area contributed by atoms with E-state index < -0.39 is 34.6 Å². The number of amides is 2. The number of carbonyl (C=O) groups is 2. The molecule has 0 radical (unpaired) electrons. The van der Waals surface area contributed by atoms with Gasteiger partial charge < -0.3 is 21.9 Å². The van der Waals surface area contributed by atoms with E-state index in [1.165, 1.54) is 6.07 Å². The number of hydrogen-bond acceptors (Lipinski definition) is 7. The molecule has 1 atom stereocenters. The number of halogens is 3. The molecule has 0 saturated heterocycles. The fraction of sp³-hybridized carbons (Fsp3) is 0.350. The first-order valence-electron chi connectivity index (χ1n) is 9.16. The lowest BCUT2D eigenvalue weighted by Gasteiger charge is -2.28. The van der Waals surface area contributed by atoms with Gasteiger partial charge in [-0.25, -0.2) is 9.97 Å². The number of aromatic nitrogens is 2. The third kappa shape index (κ3) is 4.62. The van der Waals surface area contributed by atoms with Gasteiger partial charge in [-0.1, -0.05) is 12.1 Å². The second-order valence-electron chi connectivity index (χ2n) is 7.77. The Labute approximate surface area is 181 Å². The van der Waals surface area contributed by atoms with Crippen LogP contribution < -0.4 is 16.8 Å². The predicted molar refractivity (Wildman–Crippen MR) is 107 cm³/mol. The van der Waals surface area contributed by atoms with E-state index in [4.69, 9.17) is 16.7 Å². The minimum absolute atomic E-state index is 0.0145. The van der Waals surface area contributed by atoms with Gasteiger partial charge in [-0.3, -0.25) is 9.59 Å². The standard InChI is InChI=1S/C20H21F3N6O3/c1-10-4-5-11(19(32,17(26)31)20(21,22)23)6-12(10)13-7-27-15(25)14(29-13)16(30)28-9-18(2,3)8-24/h4-7,32H,9H2,1-3H3,(H2,25,27)(H2,26,31)(H,28,30). The van der Waals surface area contributed by atoms with Crippen LogP contribution in [-0.2, 0) is 10.4 Å². The molecule has 12 heteroatoms. The molecule has 0 aliphatic carbocycles. The number of nitrogen functional groups attached to an aromatic ring is 1. The SMILES string of the molecule is Cc1ccc(C(O)(C(N)=O)C(F)(F)F)cc1-c1cnc(N)c(C(=O)NCC(C)(C)C#N)n1. The molecular formula is C20H21F3N6O3. The van der Waals surface area contributed by atoms with E-state index in [1.807, 2.05) is 6.07 Å². The van der Waals surface area contributed by atoms with E-state index in [-0.39, 0.29) is 29.3 Å². The van der Waals surface area contributed by atoms with Gasteiger partial charge in [0.15, 0.2) is 11.5 Å². The lowest BCUT2D eigenvalue weighted by Crippen LogP contribution is -2.52. The predicted octanol–water partition coefficient (Wildman–Crippen LogP) is 1.55. The highest BCUT2D eigenvalue weighted by Gasteiger charge is 2.60. The van der Waals surface area contributed by atoms with Gasteiger partial charge in [0.1, 0.15) is 0 Å². The number of aliphatic hydroxyl groups is 1.